The predicted octanol–water partition coefficient (Wildman–Crippen LogP) is 2.89. The first-order valence-electron chi connectivity index (χ1n) is 8.51. The van der Waals surface area contributed by atoms with Crippen LogP contribution in [0.2, 0.25) is 0 Å². The largest absolute Gasteiger partial charge is 0.444 e. The van der Waals surface area contributed by atoms with E-state index in [9.17, 15) is 4.79 Å². The van der Waals surface area contributed by atoms with Crippen molar-refractivity contribution in [2.24, 2.45) is 17.6 Å². The maximum Gasteiger partial charge on any atom is 0.408 e. The zero-order chi connectivity index (χ0) is 17.4. The zero-order valence-electron chi connectivity index (χ0n) is 15.6. The Bertz CT molecular complexity index is 320. The molecule has 0 aromatic carbocycles. The monoisotopic (exact) mass is 315 g/mol. The molecule has 0 aliphatic carbocycles. The number of hydrogen-bond donors (Lipinski definition) is 3. The average Bonchev–Trinajstić information content (AvgIpc) is 2.39. The van der Waals surface area contributed by atoms with E-state index in [1.54, 1.807) is 0 Å². The highest BCUT2D eigenvalue weighted by Crippen LogP contribution is 2.17. The number of nitrogens with two attached hydrogens (primary N) is 1. The second-order valence-electron chi connectivity index (χ2n) is 7.49. The number of rotatable bonds is 9. The molecule has 0 aliphatic rings. The third-order valence-corrected chi connectivity index (χ3v) is 4.24. The Morgan fingerprint density at radius 2 is 1.73 bits per heavy atom. The van der Waals surface area contributed by atoms with Gasteiger partial charge in [-0.2, -0.15) is 0 Å². The molecule has 1 amide bonds. The Labute approximate surface area is 136 Å². The Morgan fingerprint density at radius 1 is 1.18 bits per heavy atom. The average molecular weight is 316 g/mol. The van der Waals surface area contributed by atoms with E-state index in [0.717, 1.165) is 25.9 Å². The van der Waals surface area contributed by atoms with E-state index < -0.39 is 5.60 Å². The lowest BCUT2D eigenvalue weighted by Crippen LogP contribution is -2.55. The normalized spacial score (nSPS) is 14.0. The van der Waals surface area contributed by atoms with Crippen molar-refractivity contribution in [3.05, 3.63) is 0 Å². The van der Waals surface area contributed by atoms with Crippen molar-refractivity contribution >= 4 is 6.09 Å². The molecular weight excluding hydrogens is 278 g/mol. The van der Waals surface area contributed by atoms with Crippen LogP contribution in [0.5, 0.6) is 0 Å². The highest BCUT2D eigenvalue weighted by atomic mass is 16.6. The molecule has 4 N–H and O–H groups in total. The summed E-state index contributed by atoms with van der Waals surface area (Å²) in [7, 11) is 0. The lowest BCUT2D eigenvalue weighted by molar-refractivity contribution is 0.0445. The molecule has 0 saturated carbocycles. The van der Waals surface area contributed by atoms with E-state index in [1.165, 1.54) is 0 Å². The van der Waals surface area contributed by atoms with Crippen molar-refractivity contribution in [2.45, 2.75) is 72.4 Å². The Balaban J connectivity index is 4.59. The van der Waals surface area contributed by atoms with Gasteiger partial charge in [0.15, 0.2) is 0 Å². The van der Waals surface area contributed by atoms with Gasteiger partial charge in [-0.25, -0.2) is 4.79 Å². The van der Waals surface area contributed by atoms with Gasteiger partial charge in [-0.05, 0) is 58.5 Å². The van der Waals surface area contributed by atoms with E-state index >= 15 is 0 Å². The smallest absolute Gasteiger partial charge is 0.408 e. The molecular formula is C17H37N3O2. The summed E-state index contributed by atoms with van der Waals surface area (Å²) < 4.78 is 5.39. The van der Waals surface area contributed by atoms with Crippen molar-refractivity contribution in [1.29, 1.82) is 0 Å². The fraction of sp³-hybridized carbons (Fsp3) is 0.941. The standard InChI is InChI=1S/C17H37N3O2/c1-8-17(9-2,20-15(21)22-16(5,6)7)12-19-11-14(10-18)13(3)4/h13-14,19H,8-12,18H2,1-7H3,(H,20,21). The van der Waals surface area contributed by atoms with Gasteiger partial charge in [-0.3, -0.25) is 0 Å². The van der Waals surface area contributed by atoms with Gasteiger partial charge in [-0.1, -0.05) is 27.7 Å². The second kappa shape index (κ2) is 9.36. The predicted molar refractivity (Wildman–Crippen MR) is 92.9 cm³/mol. The van der Waals surface area contributed by atoms with Crippen LogP contribution in [-0.2, 0) is 4.74 Å². The number of ether oxygens (including phenoxy) is 1. The molecule has 0 heterocycles. The van der Waals surface area contributed by atoms with Crippen LogP contribution in [0.3, 0.4) is 0 Å². The minimum atomic E-state index is -0.479. The Morgan fingerprint density at radius 3 is 2.09 bits per heavy atom. The molecule has 5 nitrogen and oxygen atoms in total. The van der Waals surface area contributed by atoms with Crippen molar-refractivity contribution in [3.63, 3.8) is 0 Å². The van der Waals surface area contributed by atoms with Gasteiger partial charge in [0.25, 0.3) is 0 Å². The van der Waals surface area contributed by atoms with E-state index in [1.807, 2.05) is 20.8 Å². The quantitative estimate of drug-likeness (QED) is 0.611. The molecule has 1 atom stereocenters. The summed E-state index contributed by atoms with van der Waals surface area (Å²) in [5, 5.41) is 6.53. The molecule has 0 fully saturated rings. The van der Waals surface area contributed by atoms with Crippen molar-refractivity contribution in [3.8, 4) is 0 Å². The van der Waals surface area contributed by atoms with Gasteiger partial charge < -0.3 is 21.1 Å². The highest BCUT2D eigenvalue weighted by molar-refractivity contribution is 5.68. The van der Waals surface area contributed by atoms with Gasteiger partial charge in [0.2, 0.25) is 0 Å². The Hall–Kier alpha value is -0.810. The minimum absolute atomic E-state index is 0.279. The number of alkyl carbamates (subject to hydrolysis) is 1. The third-order valence-electron chi connectivity index (χ3n) is 4.24. The van der Waals surface area contributed by atoms with Gasteiger partial charge in [0.05, 0.1) is 5.54 Å². The maximum atomic E-state index is 12.1. The molecule has 0 aliphatic heterocycles. The number of nitrogens with one attached hydrogen (secondary N) is 2. The molecule has 1 unspecified atom stereocenters. The van der Waals surface area contributed by atoms with Crippen LogP contribution in [0.25, 0.3) is 0 Å². The van der Waals surface area contributed by atoms with Crippen LogP contribution in [0.15, 0.2) is 0 Å². The molecule has 132 valence electrons. The highest BCUT2D eigenvalue weighted by Gasteiger charge is 2.30. The molecule has 0 aromatic rings. The summed E-state index contributed by atoms with van der Waals surface area (Å²) in [5.74, 6) is 1.00. The Kier molecular flexibility index (Phi) is 9.01. The summed E-state index contributed by atoms with van der Waals surface area (Å²) in [5.41, 5.74) is 5.05. The van der Waals surface area contributed by atoms with E-state index in [-0.39, 0.29) is 11.6 Å². The van der Waals surface area contributed by atoms with Crippen molar-refractivity contribution in [1.82, 2.24) is 10.6 Å². The minimum Gasteiger partial charge on any atom is -0.444 e. The lowest BCUT2D eigenvalue weighted by Gasteiger charge is -2.35. The molecule has 22 heavy (non-hydrogen) atoms. The summed E-state index contributed by atoms with van der Waals surface area (Å²) in [6.45, 7) is 16.4. The molecule has 0 spiro atoms. The van der Waals surface area contributed by atoms with E-state index in [2.05, 4.69) is 38.3 Å². The van der Waals surface area contributed by atoms with Crippen molar-refractivity contribution < 1.29 is 9.53 Å². The first-order chi connectivity index (χ1) is 10.1. The molecule has 0 bridgehead atoms. The summed E-state index contributed by atoms with van der Waals surface area (Å²) in [4.78, 5) is 12.1. The molecule has 0 saturated heterocycles. The first kappa shape index (κ1) is 21.2. The molecule has 0 rings (SSSR count). The lowest BCUT2D eigenvalue weighted by atomic mass is 9.91. The van der Waals surface area contributed by atoms with Crippen LogP contribution in [0, 0.1) is 11.8 Å². The van der Waals surface area contributed by atoms with E-state index in [4.69, 9.17) is 10.5 Å². The number of amides is 1. The molecule has 5 heteroatoms. The van der Waals surface area contributed by atoms with E-state index in [0.29, 0.717) is 18.4 Å². The van der Waals surface area contributed by atoms with Gasteiger partial charge in [0.1, 0.15) is 5.60 Å². The van der Waals surface area contributed by atoms with Crippen LogP contribution < -0.4 is 16.4 Å². The third kappa shape index (κ3) is 7.99. The fourth-order valence-corrected chi connectivity index (χ4v) is 2.33. The van der Waals surface area contributed by atoms with Crippen LogP contribution >= 0.6 is 0 Å². The van der Waals surface area contributed by atoms with Gasteiger partial charge in [-0.15, -0.1) is 0 Å². The number of hydrogen-bond acceptors (Lipinski definition) is 4. The summed E-state index contributed by atoms with van der Waals surface area (Å²) >= 11 is 0. The first-order valence-corrected chi connectivity index (χ1v) is 8.51. The van der Waals surface area contributed by atoms with Gasteiger partial charge >= 0.3 is 6.09 Å². The molecule has 0 aromatic heterocycles. The SMILES string of the molecule is CCC(CC)(CNCC(CN)C(C)C)NC(=O)OC(C)(C)C. The summed E-state index contributed by atoms with van der Waals surface area (Å²) in [6.07, 6.45) is 1.35. The second-order valence-corrected chi connectivity index (χ2v) is 7.49. The van der Waals surface area contributed by atoms with Crippen LogP contribution in [0.4, 0.5) is 4.79 Å². The maximum absolute atomic E-state index is 12.1. The topological polar surface area (TPSA) is 76.4 Å². The summed E-state index contributed by atoms with van der Waals surface area (Å²) in [6, 6.07) is 0. The number of carbonyl (C=O) groups excluding carboxylic acids is 1. The van der Waals surface area contributed by atoms with Crippen molar-refractivity contribution in [2.75, 3.05) is 19.6 Å². The molecule has 0 radical (unpaired) electrons. The van der Waals surface area contributed by atoms with Crippen LogP contribution in [-0.4, -0.2) is 36.9 Å². The zero-order valence-corrected chi connectivity index (χ0v) is 15.6. The van der Waals surface area contributed by atoms with Gasteiger partial charge in [0, 0.05) is 6.54 Å². The van der Waals surface area contributed by atoms with Crippen LogP contribution in [0.1, 0.15) is 61.3 Å². The fourth-order valence-electron chi connectivity index (χ4n) is 2.33. The number of carbonyl (C=O) groups is 1.